The Morgan fingerprint density at radius 3 is 2.25 bits per heavy atom. The summed E-state index contributed by atoms with van der Waals surface area (Å²) in [5, 5.41) is 17.1. The first-order valence-corrected chi connectivity index (χ1v) is 32.8. The molecule has 0 aliphatic carbocycles. The first-order valence-electron chi connectivity index (χ1n) is 30.2. The summed E-state index contributed by atoms with van der Waals surface area (Å²) < 4.78 is 75.3. The van der Waals surface area contributed by atoms with Crippen LogP contribution in [-0.4, -0.2) is 131 Å². The van der Waals surface area contributed by atoms with Gasteiger partial charge >= 0.3 is 0 Å². The van der Waals surface area contributed by atoms with E-state index in [4.69, 9.17) is 14.2 Å². The van der Waals surface area contributed by atoms with E-state index in [0.29, 0.717) is 86.9 Å². The van der Waals surface area contributed by atoms with Gasteiger partial charge in [-0.15, -0.1) is 11.3 Å². The van der Waals surface area contributed by atoms with Crippen LogP contribution >= 0.6 is 11.3 Å². The van der Waals surface area contributed by atoms with Crippen molar-refractivity contribution in [3.05, 3.63) is 154 Å². The summed E-state index contributed by atoms with van der Waals surface area (Å²) in [7, 11) is -3.91. The Kier molecular flexibility index (Phi) is 22.4. The van der Waals surface area contributed by atoms with E-state index in [9.17, 15) is 41.9 Å². The molecule has 3 atom stereocenters. The number of aryl methyl sites for hydroxylation is 1. The highest BCUT2D eigenvalue weighted by atomic mass is 32.2. The topological polar surface area (TPSA) is 252 Å². The molecule has 0 saturated carbocycles. The third kappa shape index (κ3) is 16.5. The molecule has 1 fully saturated rings. The summed E-state index contributed by atoms with van der Waals surface area (Å²) in [6.07, 6.45) is 7.33. The van der Waals surface area contributed by atoms with Gasteiger partial charge in [-0.2, -0.15) is 0 Å². The zero-order valence-electron chi connectivity index (χ0n) is 50.5. The van der Waals surface area contributed by atoms with Crippen LogP contribution in [0.25, 0.3) is 32.6 Å². The molecule has 472 valence electrons. The van der Waals surface area contributed by atoms with Crippen molar-refractivity contribution in [2.45, 2.75) is 123 Å². The minimum atomic E-state index is -3.91. The molecule has 2 aliphatic rings. The normalized spacial score (nSPS) is 15.2. The number of carbonyl (C=O) groups is 5. The molecule has 9 rings (SSSR count). The number of H-pyrrole nitrogens is 1. The number of ether oxygens (including phenoxy) is 3. The number of nitrogens with one attached hydrogen (secondary N) is 4. The van der Waals surface area contributed by atoms with Crippen molar-refractivity contribution in [2.75, 3.05) is 50.1 Å². The van der Waals surface area contributed by atoms with Gasteiger partial charge in [-0.25, -0.2) is 27.2 Å². The van der Waals surface area contributed by atoms with Crippen LogP contribution in [0.1, 0.15) is 127 Å². The number of hydrogen-bond acceptors (Lipinski definition) is 14. The summed E-state index contributed by atoms with van der Waals surface area (Å²) in [4.78, 5) is 83.7. The molecule has 0 unspecified atom stereocenters. The molecule has 19 nitrogen and oxygen atoms in total. The fourth-order valence-electron chi connectivity index (χ4n) is 11.1. The second-order valence-electron chi connectivity index (χ2n) is 22.8. The van der Waals surface area contributed by atoms with Gasteiger partial charge in [-0.05, 0) is 110 Å². The number of aliphatic hydroxyl groups excluding tert-OH is 1. The van der Waals surface area contributed by atoms with Crippen LogP contribution in [0.5, 0.6) is 5.75 Å². The van der Waals surface area contributed by atoms with E-state index in [2.05, 4.69) is 30.3 Å². The van der Waals surface area contributed by atoms with Crippen molar-refractivity contribution in [1.29, 1.82) is 0 Å². The van der Waals surface area contributed by atoms with Gasteiger partial charge in [0.2, 0.25) is 33.5 Å². The Morgan fingerprint density at radius 2 is 1.55 bits per heavy atom. The number of halogens is 2. The zero-order chi connectivity index (χ0) is 63.2. The van der Waals surface area contributed by atoms with Gasteiger partial charge in [0.25, 0.3) is 5.91 Å². The maximum absolute atomic E-state index is 15.5. The van der Waals surface area contributed by atoms with Crippen molar-refractivity contribution in [1.82, 2.24) is 35.4 Å². The van der Waals surface area contributed by atoms with E-state index < -0.39 is 62.8 Å². The van der Waals surface area contributed by atoms with E-state index in [1.54, 1.807) is 41.7 Å². The Hall–Kier alpha value is -7.96. The van der Waals surface area contributed by atoms with Crippen molar-refractivity contribution >= 4 is 67.5 Å². The number of aliphatic hydroxyl groups is 1. The maximum atomic E-state index is 15.5. The number of sulfonamides is 1. The third-order valence-electron chi connectivity index (χ3n) is 15.8. The Labute approximate surface area is 521 Å². The Morgan fingerprint density at radius 1 is 0.843 bits per heavy atom. The average Bonchev–Trinajstić information content (AvgIpc) is 1.96. The van der Waals surface area contributed by atoms with Crippen molar-refractivity contribution < 1.29 is 60.5 Å². The highest BCUT2D eigenvalue weighted by Gasteiger charge is 2.46. The number of thiazole rings is 1. The number of hydrogen-bond donors (Lipinski definition) is 5. The molecule has 23 heteroatoms. The number of β-amino-alcohol motifs (C(OH)–C–C–N with tert-alkyl or cyclic N) is 1. The number of carbonyl (C=O) groups excluding carboxylic acids is 5. The van der Waals surface area contributed by atoms with Crippen LogP contribution in [0.3, 0.4) is 0 Å². The van der Waals surface area contributed by atoms with Crippen LogP contribution in [-0.2, 0) is 53.5 Å². The highest BCUT2D eigenvalue weighted by molar-refractivity contribution is 7.92. The monoisotopic (exact) mass is 1260 g/mol. The second kappa shape index (κ2) is 30.5. The Bertz CT molecular complexity index is 3760. The van der Waals surface area contributed by atoms with Crippen LogP contribution < -0.4 is 20.1 Å². The number of pyridine rings is 1. The molecule has 4 aromatic carbocycles. The number of ketones is 1. The lowest BCUT2D eigenvalue weighted by Gasteiger charge is -2.35. The smallest absolute Gasteiger partial charge is 0.255 e. The summed E-state index contributed by atoms with van der Waals surface area (Å²) in [6, 6.07) is 22.3. The summed E-state index contributed by atoms with van der Waals surface area (Å²) in [5.74, 6) is -4.39. The molecule has 4 amide bonds. The van der Waals surface area contributed by atoms with E-state index in [1.807, 2.05) is 75.4 Å². The van der Waals surface area contributed by atoms with Gasteiger partial charge in [0.1, 0.15) is 29.3 Å². The molecule has 1 saturated heterocycles. The average molecular weight is 1260 g/mol. The number of aromatic nitrogens is 3. The van der Waals surface area contributed by atoms with Gasteiger partial charge in [-0.1, -0.05) is 75.4 Å². The van der Waals surface area contributed by atoms with Gasteiger partial charge in [0.05, 0.1) is 45.8 Å². The molecule has 2 aliphatic heterocycles. The summed E-state index contributed by atoms with van der Waals surface area (Å²) in [5.41, 5.74) is 6.92. The van der Waals surface area contributed by atoms with E-state index in [1.165, 1.54) is 22.4 Å². The summed E-state index contributed by atoms with van der Waals surface area (Å²) >= 11 is 1.53. The zero-order valence-corrected chi connectivity index (χ0v) is 52.1. The van der Waals surface area contributed by atoms with Gasteiger partial charge < -0.3 is 44.7 Å². The predicted octanol–water partition coefficient (Wildman–Crippen LogP) is 10.0. The highest BCUT2D eigenvalue weighted by Crippen LogP contribution is 2.35. The number of nitrogens with zero attached hydrogens (tertiary/aromatic N) is 4. The van der Waals surface area contributed by atoms with E-state index in [0.717, 1.165) is 82.6 Å². The fourth-order valence-corrected chi connectivity index (χ4v) is 13.1. The maximum Gasteiger partial charge on any atom is 0.255 e. The van der Waals surface area contributed by atoms with Crippen LogP contribution in [0.2, 0.25) is 0 Å². The minimum Gasteiger partial charge on any atom is -0.493 e. The number of benzene rings is 4. The van der Waals surface area contributed by atoms with Gasteiger partial charge in [0, 0.05) is 105 Å². The lowest BCUT2D eigenvalue weighted by molar-refractivity contribution is -0.143. The van der Waals surface area contributed by atoms with Gasteiger partial charge in [0.15, 0.2) is 5.82 Å². The molecule has 0 radical (unpaired) electrons. The van der Waals surface area contributed by atoms with Crippen molar-refractivity contribution in [3.8, 4) is 27.3 Å². The molecular formula is C66H76F2N8O11S2. The van der Waals surface area contributed by atoms with E-state index in [-0.39, 0.29) is 60.9 Å². The minimum absolute atomic E-state index is 0.00716. The second-order valence-corrected chi connectivity index (χ2v) is 25.5. The standard InChI is InChI=1S/C66H76F2N8O11S2/c1-5-30-89(83,84)74-54-24-23-53(67)58(59(54)68)61(79)52-37-71-63-51(52)31-48(36-70-63)44-19-17-43(18-20-44)34-69-57(78)16-8-9-25-85-26-10-11-27-86-28-12-13-29-87-56-32-45(62-42(4)73-40-88-62)21-22-46(56)35-72-64(80)55-33-49(77)39-75(55)66(82)60(41(2)3)76-38-47-14-6-7-15-50(47)65(76)81/h6-7,14-15,17-24,31-32,36-37,40-41,49,55,60,74,77H,5,8-13,16,25-30,33-35,38-39H2,1-4H3,(H,69,78)(H,70,71)(H,72,80)/t49-,55+,60+/m1/s1. The SMILES string of the molecule is CCCS(=O)(=O)Nc1ccc(F)c(C(=O)c2c[nH]c3ncc(-c4ccc(CNC(=O)CCCCOCCCCOCCCCOc5cc(-c6scnc6C)ccc5CNC(=O)[C@@H]5C[C@@H](O)CN5C(=O)[C@H](C(C)C)N5Cc6ccccc6C5=O)cc4)cc23)c1F. The first-order chi connectivity index (χ1) is 42.9. The van der Waals surface area contributed by atoms with Crippen LogP contribution in [0.4, 0.5) is 14.5 Å². The van der Waals surface area contributed by atoms with Crippen LogP contribution in [0, 0.1) is 24.5 Å². The molecule has 0 spiro atoms. The number of anilines is 1. The van der Waals surface area contributed by atoms with Crippen molar-refractivity contribution in [3.63, 3.8) is 0 Å². The lowest BCUT2D eigenvalue weighted by Crippen LogP contribution is -2.55. The number of aromatic amines is 1. The summed E-state index contributed by atoms with van der Waals surface area (Å²) in [6.45, 7) is 10.8. The number of fused-ring (bicyclic) bond motifs is 2. The van der Waals surface area contributed by atoms with E-state index >= 15 is 4.39 Å². The quantitative estimate of drug-likeness (QED) is 0.0195. The van der Waals surface area contributed by atoms with Crippen LogP contribution in [0.15, 0.2) is 103 Å². The van der Waals surface area contributed by atoms with Gasteiger partial charge in [-0.3, -0.25) is 28.7 Å². The number of amides is 4. The molecule has 5 N–H and O–H groups in total. The lowest BCUT2D eigenvalue weighted by atomic mass is 9.99. The fraction of sp³-hybridized carbons (Fsp3) is 0.409. The molecule has 89 heavy (non-hydrogen) atoms. The number of rotatable bonds is 32. The number of unbranched alkanes of at least 4 members (excludes halogenated alkanes) is 3. The largest absolute Gasteiger partial charge is 0.493 e. The molecule has 3 aromatic heterocycles. The Balaban J connectivity index is 0.641. The predicted molar refractivity (Wildman–Crippen MR) is 336 cm³/mol. The molecule has 5 heterocycles. The molecule has 0 bridgehead atoms. The first kappa shape index (κ1) is 65.5. The molecular weight excluding hydrogens is 1180 g/mol. The third-order valence-corrected chi connectivity index (χ3v) is 18.2. The number of likely N-dealkylation sites (tertiary alicyclic amines) is 1. The molecule has 7 aromatic rings. The van der Waals surface area contributed by atoms with Crippen molar-refractivity contribution in [2.24, 2.45) is 5.92 Å².